The van der Waals surface area contributed by atoms with E-state index in [0.29, 0.717) is 11.8 Å². The first-order valence-electron chi connectivity index (χ1n) is 6.10. The first kappa shape index (κ1) is 11.5. The molecule has 1 fully saturated rings. The van der Waals surface area contributed by atoms with Crippen molar-refractivity contribution in [2.75, 3.05) is 0 Å². The molecule has 0 bridgehead atoms. The second-order valence-electron chi connectivity index (χ2n) is 4.67. The summed E-state index contributed by atoms with van der Waals surface area (Å²) in [6, 6.07) is 8.39. The van der Waals surface area contributed by atoms with Crippen molar-refractivity contribution < 1.29 is 0 Å². The van der Waals surface area contributed by atoms with Gasteiger partial charge in [0.15, 0.2) is 0 Å². The van der Waals surface area contributed by atoms with Gasteiger partial charge in [-0.15, -0.1) is 6.58 Å². The molecule has 2 nitrogen and oxygen atoms in total. The molecule has 92 valence electrons. The molecular weight excluding hydrogens is 240 g/mol. The van der Waals surface area contributed by atoms with Crippen molar-refractivity contribution in [3.63, 3.8) is 0 Å². The van der Waals surface area contributed by atoms with E-state index in [9.17, 15) is 0 Å². The van der Waals surface area contributed by atoms with Gasteiger partial charge in [0.05, 0.1) is 10.4 Å². The first-order chi connectivity index (χ1) is 8.79. The monoisotopic (exact) mass is 256 g/mol. The number of aromatic amines is 1. The second kappa shape index (κ2) is 4.58. The lowest BCUT2D eigenvalue weighted by Crippen LogP contribution is -2.04. The minimum atomic E-state index is 0.567. The maximum absolute atomic E-state index is 4.11. The predicted octanol–water partition coefficient (Wildman–Crippen LogP) is 4.10. The molecule has 2 N–H and O–H groups in total. The number of fused-ring (bicyclic) bond motifs is 1. The molecule has 1 aliphatic carbocycles. The van der Waals surface area contributed by atoms with Crippen molar-refractivity contribution in [1.82, 2.24) is 9.71 Å². The van der Waals surface area contributed by atoms with Gasteiger partial charge < -0.3 is 9.71 Å². The fraction of sp³-hybridized carbons (Fsp3) is 0.200. The molecule has 1 aliphatic rings. The third-order valence-corrected chi connectivity index (χ3v) is 4.36. The standard InChI is InChI=1S/C15H16N2S/c1-3-11-9-13(11)10(2)17-18-14-6-4-5-12-7-8-16-15(12)14/h3-8,11,13,16-17H,1-2,9H2/t11-,13?/m1/s1. The number of nitrogens with one attached hydrogen (secondary N) is 2. The molecule has 0 saturated heterocycles. The van der Waals surface area contributed by atoms with E-state index in [-0.39, 0.29) is 0 Å². The molecule has 2 atom stereocenters. The minimum absolute atomic E-state index is 0.567. The third kappa shape index (κ3) is 2.06. The topological polar surface area (TPSA) is 27.8 Å². The largest absolute Gasteiger partial charge is 0.360 e. The van der Waals surface area contributed by atoms with Crippen LogP contribution in [0.4, 0.5) is 0 Å². The molecule has 1 unspecified atom stereocenters. The Bertz CT molecular complexity index is 599. The quantitative estimate of drug-likeness (QED) is 0.622. The average Bonchev–Trinajstić information content (AvgIpc) is 3.03. The van der Waals surface area contributed by atoms with Crippen LogP contribution in [0.2, 0.25) is 0 Å². The van der Waals surface area contributed by atoms with E-state index in [1.807, 2.05) is 12.3 Å². The SMILES string of the molecule is C=C[C@@H]1CC1C(=C)NSc1cccc2cc[nH]c12. The Morgan fingerprint density at radius 3 is 3.11 bits per heavy atom. The van der Waals surface area contributed by atoms with E-state index in [0.717, 1.165) is 5.70 Å². The third-order valence-electron chi connectivity index (χ3n) is 3.43. The summed E-state index contributed by atoms with van der Waals surface area (Å²) in [4.78, 5) is 4.47. The van der Waals surface area contributed by atoms with E-state index < -0.39 is 0 Å². The van der Waals surface area contributed by atoms with Gasteiger partial charge in [-0.2, -0.15) is 0 Å². The summed E-state index contributed by atoms with van der Waals surface area (Å²) in [5.41, 5.74) is 2.28. The van der Waals surface area contributed by atoms with Gasteiger partial charge in [0.1, 0.15) is 0 Å². The number of allylic oxidation sites excluding steroid dienone is 2. The lowest BCUT2D eigenvalue weighted by molar-refractivity contribution is 0.886. The Morgan fingerprint density at radius 2 is 2.33 bits per heavy atom. The Labute approximate surface area is 111 Å². The lowest BCUT2D eigenvalue weighted by atomic mass is 10.2. The average molecular weight is 256 g/mol. The van der Waals surface area contributed by atoms with Gasteiger partial charge in [-0.25, -0.2) is 0 Å². The van der Waals surface area contributed by atoms with Crippen LogP contribution in [0.5, 0.6) is 0 Å². The van der Waals surface area contributed by atoms with Crippen molar-refractivity contribution in [3.05, 3.63) is 55.4 Å². The smallest absolute Gasteiger partial charge is 0.0610 e. The summed E-state index contributed by atoms with van der Waals surface area (Å²) in [5.74, 6) is 1.18. The summed E-state index contributed by atoms with van der Waals surface area (Å²) in [7, 11) is 0. The number of para-hydroxylation sites is 1. The molecule has 0 amide bonds. The van der Waals surface area contributed by atoms with Gasteiger partial charge in [0.2, 0.25) is 0 Å². The van der Waals surface area contributed by atoms with Gasteiger partial charge in [0, 0.05) is 23.2 Å². The predicted molar refractivity (Wildman–Crippen MR) is 78.2 cm³/mol. The van der Waals surface area contributed by atoms with E-state index in [2.05, 4.69) is 47.1 Å². The Hall–Kier alpha value is -1.61. The zero-order valence-electron chi connectivity index (χ0n) is 10.1. The van der Waals surface area contributed by atoms with Crippen LogP contribution in [0.25, 0.3) is 10.9 Å². The summed E-state index contributed by atoms with van der Waals surface area (Å²) in [6.45, 7) is 7.93. The van der Waals surface area contributed by atoms with Crippen LogP contribution in [-0.4, -0.2) is 4.98 Å². The van der Waals surface area contributed by atoms with E-state index in [4.69, 9.17) is 0 Å². The highest BCUT2D eigenvalue weighted by atomic mass is 32.2. The van der Waals surface area contributed by atoms with E-state index >= 15 is 0 Å². The van der Waals surface area contributed by atoms with Crippen molar-refractivity contribution in [2.45, 2.75) is 11.3 Å². The van der Waals surface area contributed by atoms with Crippen LogP contribution in [0.15, 0.2) is 60.3 Å². The van der Waals surface area contributed by atoms with Crippen molar-refractivity contribution in [2.24, 2.45) is 11.8 Å². The summed E-state index contributed by atoms with van der Waals surface area (Å²) < 4.78 is 3.36. The molecule has 0 aliphatic heterocycles. The molecular formula is C15H16N2S. The van der Waals surface area contributed by atoms with Crippen LogP contribution < -0.4 is 4.72 Å². The highest BCUT2D eigenvalue weighted by molar-refractivity contribution is 7.97. The van der Waals surface area contributed by atoms with Gasteiger partial charge in [-0.05, 0) is 36.4 Å². The van der Waals surface area contributed by atoms with Crippen LogP contribution in [0.3, 0.4) is 0 Å². The highest BCUT2D eigenvalue weighted by Crippen LogP contribution is 2.44. The molecule has 1 aromatic carbocycles. The van der Waals surface area contributed by atoms with Crippen molar-refractivity contribution in [1.29, 1.82) is 0 Å². The van der Waals surface area contributed by atoms with Crippen LogP contribution in [0, 0.1) is 11.8 Å². The molecule has 2 aromatic rings. The number of hydrogen-bond acceptors (Lipinski definition) is 2. The highest BCUT2D eigenvalue weighted by Gasteiger charge is 2.36. The molecule has 1 aromatic heterocycles. The number of benzene rings is 1. The number of aromatic nitrogens is 1. The summed E-state index contributed by atoms with van der Waals surface area (Å²) in [5, 5.41) is 1.24. The summed E-state index contributed by atoms with van der Waals surface area (Å²) >= 11 is 1.63. The van der Waals surface area contributed by atoms with E-state index in [1.54, 1.807) is 11.9 Å². The molecule has 0 radical (unpaired) electrons. The molecule has 1 heterocycles. The van der Waals surface area contributed by atoms with Crippen LogP contribution in [-0.2, 0) is 0 Å². The zero-order chi connectivity index (χ0) is 12.5. The Morgan fingerprint density at radius 1 is 1.44 bits per heavy atom. The minimum Gasteiger partial charge on any atom is -0.360 e. The Kier molecular flexibility index (Phi) is 2.92. The maximum Gasteiger partial charge on any atom is 0.0610 e. The molecule has 3 rings (SSSR count). The van der Waals surface area contributed by atoms with Crippen molar-refractivity contribution in [3.8, 4) is 0 Å². The fourth-order valence-corrected chi connectivity index (χ4v) is 3.03. The normalized spacial score (nSPS) is 21.8. The first-order valence-corrected chi connectivity index (χ1v) is 6.91. The maximum atomic E-state index is 4.11. The molecule has 1 saturated carbocycles. The zero-order valence-corrected chi connectivity index (χ0v) is 11.0. The van der Waals surface area contributed by atoms with Gasteiger partial charge in [-0.3, -0.25) is 0 Å². The summed E-state index contributed by atoms with van der Waals surface area (Å²) in [6.07, 6.45) is 5.18. The molecule has 0 spiro atoms. The molecule has 3 heteroatoms. The van der Waals surface area contributed by atoms with Crippen LogP contribution >= 0.6 is 11.9 Å². The van der Waals surface area contributed by atoms with E-state index in [1.165, 1.54) is 22.2 Å². The number of hydrogen-bond donors (Lipinski definition) is 2. The van der Waals surface area contributed by atoms with Gasteiger partial charge in [0.25, 0.3) is 0 Å². The Balaban J connectivity index is 1.68. The fourth-order valence-electron chi connectivity index (χ4n) is 2.21. The van der Waals surface area contributed by atoms with Gasteiger partial charge >= 0.3 is 0 Å². The van der Waals surface area contributed by atoms with Crippen molar-refractivity contribution >= 4 is 22.9 Å². The lowest BCUT2D eigenvalue weighted by Gasteiger charge is -2.08. The second-order valence-corrected chi connectivity index (χ2v) is 5.52. The number of rotatable bonds is 5. The van der Waals surface area contributed by atoms with Crippen LogP contribution in [0.1, 0.15) is 6.42 Å². The molecule has 18 heavy (non-hydrogen) atoms. The number of H-pyrrole nitrogens is 1. The van der Waals surface area contributed by atoms with Gasteiger partial charge in [-0.1, -0.05) is 24.8 Å².